The molecule has 7 heteroatoms. The lowest BCUT2D eigenvalue weighted by atomic mass is 10.8. The van der Waals surface area contributed by atoms with Gasteiger partial charge in [-0.15, -0.1) is 0 Å². The molecule has 0 heterocycles. The Hall–Kier alpha value is -0.300. The van der Waals surface area contributed by atoms with E-state index < -0.39 is 22.0 Å². The van der Waals surface area contributed by atoms with Gasteiger partial charge in [-0.2, -0.15) is 17.2 Å². The maximum Gasteiger partial charge on any atom is 0.399 e. The fourth-order valence-corrected chi connectivity index (χ4v) is 0.200. The number of halogens is 3. The van der Waals surface area contributed by atoms with Gasteiger partial charge in [-0.05, 0) is 0 Å². The molecule has 0 spiro atoms. The maximum atomic E-state index is 11.4. The smallest absolute Gasteiger partial charge is 0.243 e. The zero-order valence-electron chi connectivity index (χ0n) is 3.97. The lowest BCUT2D eigenvalue weighted by Crippen LogP contribution is -2.29. The molecule has 0 saturated carbocycles. The Morgan fingerprint density at radius 1 is 1.33 bits per heavy atom. The summed E-state index contributed by atoms with van der Waals surface area (Å²) in [7, 11) is -5.81. The van der Waals surface area contributed by atoms with Crippen LogP contribution in [-0.4, -0.2) is 20.3 Å². The Kier molecular flexibility index (Phi) is 2.07. The minimum Gasteiger partial charge on any atom is -0.243 e. The minimum absolute atomic E-state index is 2.47. The molecule has 55 valence electrons. The van der Waals surface area contributed by atoms with E-state index in [9.17, 15) is 26.1 Å². The summed E-state index contributed by atoms with van der Waals surface area (Å²) in [5.41, 5.74) is 0. The molecule has 0 N–H and O–H groups in total. The fraction of sp³-hybridized carbons (Fsp3) is 1.00. The monoisotopic (exact) mass is 163 g/mol. The third-order valence-corrected chi connectivity index (χ3v) is 1.36. The van der Waals surface area contributed by atoms with Crippen LogP contribution in [0, 0.1) is 0 Å². The first-order valence-electron chi connectivity index (χ1n) is 1.70. The van der Waals surface area contributed by atoms with Crippen molar-refractivity contribution < 1.29 is 26.1 Å². The molecule has 0 aliphatic heterocycles. The minimum atomic E-state index is -5.81. The van der Waals surface area contributed by atoms with E-state index in [2.05, 4.69) is 0 Å². The van der Waals surface area contributed by atoms with Gasteiger partial charge in [-0.3, -0.25) is 0 Å². The van der Waals surface area contributed by atoms with Crippen LogP contribution < -0.4 is 0 Å². The van der Waals surface area contributed by atoms with Crippen LogP contribution in [0.15, 0.2) is 0 Å². The Balaban J connectivity index is 4.56. The van der Waals surface area contributed by atoms with Crippen molar-refractivity contribution in [1.82, 2.24) is 0 Å². The largest absolute Gasteiger partial charge is 0.399 e. The van der Waals surface area contributed by atoms with Crippen LogP contribution in [0.3, 0.4) is 0 Å². The zero-order valence-corrected chi connectivity index (χ0v) is 4.79. The topological polar surface area (TPSA) is 54.0 Å². The molecule has 0 amide bonds. The van der Waals surface area contributed by atoms with E-state index in [0.29, 0.717) is 0 Å². The lowest BCUT2D eigenvalue weighted by molar-refractivity contribution is 0.0488. The highest BCUT2D eigenvalue weighted by Gasteiger charge is 2.45. The second-order valence-electron chi connectivity index (χ2n) is 1.23. The summed E-state index contributed by atoms with van der Waals surface area (Å²) in [5, 5.41) is -4.77. The number of rotatable bonds is 2. The first kappa shape index (κ1) is 8.70. The molecule has 0 bridgehead atoms. The molecule has 1 radical (unpaired) electrons. The van der Waals surface area contributed by atoms with E-state index in [-0.39, 0.29) is 0 Å². The predicted octanol–water partition coefficient (Wildman–Crippen LogP) is 0.309. The quantitative estimate of drug-likeness (QED) is 0.588. The summed E-state index contributed by atoms with van der Waals surface area (Å²) in [6, 6.07) is 0. The molecular formula is C2H2F3O3S. The van der Waals surface area contributed by atoms with Crippen molar-refractivity contribution in [1.29, 1.82) is 0 Å². The van der Waals surface area contributed by atoms with Gasteiger partial charge in [0.2, 0.25) is 0 Å². The van der Waals surface area contributed by atoms with E-state index in [1.807, 2.05) is 0 Å². The normalized spacial score (nSPS) is 13.8. The summed E-state index contributed by atoms with van der Waals surface area (Å²) < 4.78 is 61.7. The van der Waals surface area contributed by atoms with Gasteiger partial charge >= 0.3 is 15.4 Å². The predicted molar refractivity (Wildman–Crippen MR) is 20.5 cm³/mol. The third-order valence-electron chi connectivity index (χ3n) is 0.521. The van der Waals surface area contributed by atoms with Crippen LogP contribution in [0.5, 0.6) is 0 Å². The maximum absolute atomic E-state index is 11.4. The summed E-state index contributed by atoms with van der Waals surface area (Å²) in [5.74, 6) is 0. The number of hydrogen-bond acceptors (Lipinski definition) is 2. The molecule has 0 aromatic carbocycles. The van der Waals surface area contributed by atoms with Crippen LogP contribution in [0.2, 0.25) is 0 Å². The van der Waals surface area contributed by atoms with Crippen LogP contribution in [-0.2, 0) is 14.7 Å². The van der Waals surface area contributed by atoms with Crippen molar-refractivity contribution >= 4 is 10.1 Å². The molecule has 0 rings (SSSR count). The van der Waals surface area contributed by atoms with Crippen molar-refractivity contribution in [2.24, 2.45) is 0 Å². The summed E-state index contributed by atoms with van der Waals surface area (Å²) in [6.07, 6.45) is 0. The lowest BCUT2D eigenvalue weighted by Gasteiger charge is -2.03. The van der Waals surface area contributed by atoms with Gasteiger partial charge in [0.15, 0.2) is 6.67 Å². The summed E-state index contributed by atoms with van der Waals surface area (Å²) in [4.78, 5) is 0. The molecule has 0 aromatic rings. The SMILES string of the molecule is [O]S(=O)(=O)C(F)(F)CF. The van der Waals surface area contributed by atoms with Crippen LogP contribution >= 0.6 is 0 Å². The number of hydrogen-bond donors (Lipinski definition) is 0. The van der Waals surface area contributed by atoms with Crippen molar-refractivity contribution in [3.63, 3.8) is 0 Å². The van der Waals surface area contributed by atoms with Crippen molar-refractivity contribution in [3.05, 3.63) is 0 Å². The van der Waals surface area contributed by atoms with Gasteiger partial charge in [0.1, 0.15) is 0 Å². The second kappa shape index (κ2) is 2.14. The van der Waals surface area contributed by atoms with Gasteiger partial charge in [0.25, 0.3) is 0 Å². The standard InChI is InChI=1S/C2H2F3O3S/c3-1-2(4,5)9(6,7)8/h1H2. The average Bonchev–Trinajstić information content (AvgIpc) is 1.64. The van der Waals surface area contributed by atoms with Crippen molar-refractivity contribution in [2.75, 3.05) is 6.67 Å². The highest BCUT2D eigenvalue weighted by Crippen LogP contribution is 2.20. The Morgan fingerprint density at radius 2 is 1.67 bits per heavy atom. The Morgan fingerprint density at radius 3 is 1.67 bits per heavy atom. The first-order valence-corrected chi connectivity index (χ1v) is 3.11. The fourth-order valence-electron chi connectivity index (χ4n) is 0.0668. The van der Waals surface area contributed by atoms with Gasteiger partial charge in [0, 0.05) is 0 Å². The highest BCUT2D eigenvalue weighted by atomic mass is 32.2. The van der Waals surface area contributed by atoms with E-state index in [4.69, 9.17) is 0 Å². The summed E-state index contributed by atoms with van der Waals surface area (Å²) in [6.45, 7) is -2.47. The second-order valence-corrected chi connectivity index (χ2v) is 2.73. The Labute approximate surface area is 49.2 Å². The average molecular weight is 163 g/mol. The zero-order chi connectivity index (χ0) is 7.71. The molecule has 3 nitrogen and oxygen atoms in total. The van der Waals surface area contributed by atoms with E-state index in [1.54, 1.807) is 0 Å². The molecule has 0 fully saturated rings. The molecular weight excluding hydrogens is 161 g/mol. The molecule has 0 saturated heterocycles. The van der Waals surface area contributed by atoms with Crippen molar-refractivity contribution in [2.45, 2.75) is 5.25 Å². The van der Waals surface area contributed by atoms with Crippen LogP contribution in [0.1, 0.15) is 0 Å². The highest BCUT2D eigenvalue weighted by molar-refractivity contribution is 7.86. The molecule has 0 unspecified atom stereocenters. The van der Waals surface area contributed by atoms with Gasteiger partial charge < -0.3 is 0 Å². The van der Waals surface area contributed by atoms with E-state index >= 15 is 0 Å². The Bertz CT molecular complexity index is 183. The molecule has 0 atom stereocenters. The van der Waals surface area contributed by atoms with Crippen molar-refractivity contribution in [3.8, 4) is 0 Å². The van der Waals surface area contributed by atoms with Crippen LogP contribution in [0.25, 0.3) is 0 Å². The molecule has 0 aliphatic rings. The van der Waals surface area contributed by atoms with E-state index in [0.717, 1.165) is 0 Å². The number of alkyl halides is 3. The van der Waals surface area contributed by atoms with Gasteiger partial charge in [-0.25, -0.2) is 4.39 Å². The van der Waals surface area contributed by atoms with Crippen LogP contribution in [0.4, 0.5) is 13.2 Å². The molecule has 0 aromatic heterocycles. The summed E-state index contributed by atoms with van der Waals surface area (Å²) >= 11 is 0. The molecule has 0 aliphatic carbocycles. The van der Waals surface area contributed by atoms with E-state index in [1.165, 1.54) is 0 Å². The third kappa shape index (κ3) is 1.83. The van der Waals surface area contributed by atoms with Gasteiger partial charge in [-0.1, -0.05) is 4.55 Å². The molecule has 9 heavy (non-hydrogen) atoms. The first-order chi connectivity index (χ1) is 3.81. The van der Waals surface area contributed by atoms with Gasteiger partial charge in [0.05, 0.1) is 0 Å².